The molecule has 0 radical (unpaired) electrons. The normalized spacial score (nSPS) is 16.1. The van der Waals surface area contributed by atoms with Crippen molar-refractivity contribution in [2.45, 2.75) is 19.4 Å². The van der Waals surface area contributed by atoms with Gasteiger partial charge in [0.25, 0.3) is 0 Å². The first-order valence-electron chi connectivity index (χ1n) is 11.0. The van der Waals surface area contributed by atoms with E-state index in [0.29, 0.717) is 24.5 Å². The number of rotatable bonds is 4. The quantitative estimate of drug-likeness (QED) is 0.478. The van der Waals surface area contributed by atoms with Crippen LogP contribution in [0.5, 0.6) is 5.75 Å². The number of imidazole rings is 1. The van der Waals surface area contributed by atoms with Gasteiger partial charge < -0.3 is 23.9 Å². The Morgan fingerprint density at radius 1 is 1.29 bits per heavy atom. The predicted molar refractivity (Wildman–Crippen MR) is 121 cm³/mol. The third kappa shape index (κ3) is 4.30. The fraction of sp³-hybridized carbons (Fsp3) is 0.292. The summed E-state index contributed by atoms with van der Waals surface area (Å²) in [6.45, 7) is 2.90. The monoisotopic (exact) mass is 483 g/mol. The lowest BCUT2D eigenvalue weighted by Gasteiger charge is -2.32. The van der Waals surface area contributed by atoms with Crippen LogP contribution in [0.2, 0.25) is 0 Å². The molecule has 1 saturated heterocycles. The van der Waals surface area contributed by atoms with E-state index in [-0.39, 0.29) is 35.7 Å². The van der Waals surface area contributed by atoms with E-state index in [1.54, 1.807) is 10.6 Å². The average molecular weight is 483 g/mol. The van der Waals surface area contributed by atoms with Gasteiger partial charge in [-0.05, 0) is 24.6 Å². The maximum Gasteiger partial charge on any atom is 0.409 e. The molecule has 1 unspecified atom stereocenters. The molecule has 11 heteroatoms. The van der Waals surface area contributed by atoms with Crippen molar-refractivity contribution in [2.24, 2.45) is 0 Å². The molecule has 1 aliphatic rings. The summed E-state index contributed by atoms with van der Waals surface area (Å²) in [6, 6.07) is 5.98. The maximum absolute atomic E-state index is 15.4. The number of fused-ring (bicyclic) bond motifs is 1. The number of aromatic hydroxyl groups is 1. The topological polar surface area (TPSA) is 94.1 Å². The van der Waals surface area contributed by atoms with Crippen molar-refractivity contribution >= 4 is 11.7 Å². The van der Waals surface area contributed by atoms with Crippen LogP contribution in [0.25, 0.3) is 22.6 Å². The van der Waals surface area contributed by atoms with Gasteiger partial charge in [0.1, 0.15) is 17.3 Å². The first kappa shape index (κ1) is 22.8. The van der Waals surface area contributed by atoms with Gasteiger partial charge in [0.15, 0.2) is 5.75 Å². The highest BCUT2D eigenvalue weighted by Crippen LogP contribution is 2.33. The molecule has 182 valence electrons. The molecule has 3 aromatic heterocycles. The summed E-state index contributed by atoms with van der Waals surface area (Å²) in [7, 11) is 1.32. The number of hydrogen-bond acceptors (Lipinski definition) is 6. The first-order valence-corrected chi connectivity index (χ1v) is 11.0. The molecule has 4 aromatic rings. The van der Waals surface area contributed by atoms with E-state index in [1.807, 2.05) is 19.1 Å². The largest absolute Gasteiger partial charge is 0.505 e. The molecule has 35 heavy (non-hydrogen) atoms. The Kier molecular flexibility index (Phi) is 5.85. The van der Waals surface area contributed by atoms with Crippen LogP contribution in [0.4, 0.5) is 13.6 Å². The molecule has 9 nitrogen and oxygen atoms in total. The first-order chi connectivity index (χ1) is 16.8. The van der Waals surface area contributed by atoms with E-state index in [2.05, 4.69) is 10.1 Å². The number of carbonyl (C=O) groups excluding carboxylic acids is 1. The average Bonchev–Trinajstić information content (AvgIpc) is 3.41. The zero-order valence-electron chi connectivity index (χ0n) is 19.1. The zero-order chi connectivity index (χ0) is 24.7. The second kappa shape index (κ2) is 8.99. The molecule has 5 rings (SSSR count). The number of aryl methyl sites for hydroxylation is 1. The van der Waals surface area contributed by atoms with E-state index < -0.39 is 23.8 Å². The van der Waals surface area contributed by atoms with Crippen LogP contribution in [0.15, 0.2) is 42.9 Å². The molecular weight excluding hydrogens is 460 g/mol. The second-order valence-corrected chi connectivity index (χ2v) is 8.38. The number of hydrogen-bond donors (Lipinski definition) is 1. The summed E-state index contributed by atoms with van der Waals surface area (Å²) in [4.78, 5) is 18.1. The molecule has 0 bridgehead atoms. The number of aromatic nitrogens is 4. The molecule has 4 heterocycles. The number of pyridine rings is 1. The van der Waals surface area contributed by atoms with Gasteiger partial charge in [-0.3, -0.25) is 0 Å². The summed E-state index contributed by atoms with van der Waals surface area (Å²) >= 11 is 0. The standard InChI is InChI=1S/C24H23F2N5O4/c1-14-3-4-30-20(10-17-13-29(5-6-35-17)24(33)34-2)23(28-21(30)7-14)22-18(25)8-15(9-19(22)26)31-12-16(32)11-27-31/h3-4,7-9,11-12,17,32H,5-6,10,13H2,1-2H3. The Labute approximate surface area is 199 Å². The minimum atomic E-state index is -0.822. The molecule has 1 aromatic carbocycles. The van der Waals surface area contributed by atoms with Gasteiger partial charge >= 0.3 is 6.09 Å². The highest BCUT2D eigenvalue weighted by Gasteiger charge is 2.29. The second-order valence-electron chi connectivity index (χ2n) is 8.38. The summed E-state index contributed by atoms with van der Waals surface area (Å²) < 4.78 is 44.4. The maximum atomic E-state index is 15.4. The molecule has 1 atom stereocenters. The van der Waals surface area contributed by atoms with Gasteiger partial charge in [-0.15, -0.1) is 0 Å². The summed E-state index contributed by atoms with van der Waals surface area (Å²) in [5.74, 6) is -1.77. The third-order valence-corrected chi connectivity index (χ3v) is 5.97. The minimum Gasteiger partial charge on any atom is -0.505 e. The van der Waals surface area contributed by atoms with Gasteiger partial charge in [0, 0.05) is 31.3 Å². The molecule has 1 aliphatic heterocycles. The van der Waals surface area contributed by atoms with Crippen LogP contribution < -0.4 is 0 Å². The number of carbonyl (C=O) groups is 1. The Morgan fingerprint density at radius 3 is 2.74 bits per heavy atom. The van der Waals surface area contributed by atoms with Crippen molar-refractivity contribution in [2.75, 3.05) is 26.8 Å². The van der Waals surface area contributed by atoms with Crippen molar-refractivity contribution < 1.29 is 28.2 Å². The lowest BCUT2D eigenvalue weighted by atomic mass is 10.0. The van der Waals surface area contributed by atoms with E-state index >= 15 is 8.78 Å². The Bertz CT molecular complexity index is 1390. The summed E-state index contributed by atoms with van der Waals surface area (Å²) in [5, 5.41) is 13.4. The van der Waals surface area contributed by atoms with Crippen LogP contribution in [0.3, 0.4) is 0 Å². The number of nitrogens with zero attached hydrogens (tertiary/aromatic N) is 5. The van der Waals surface area contributed by atoms with Gasteiger partial charge in [-0.1, -0.05) is 0 Å². The van der Waals surface area contributed by atoms with Crippen molar-refractivity contribution in [3.05, 3.63) is 65.7 Å². The van der Waals surface area contributed by atoms with Gasteiger partial charge in [-0.2, -0.15) is 5.10 Å². The summed E-state index contributed by atoms with van der Waals surface area (Å²) in [6.07, 6.45) is 3.62. The predicted octanol–water partition coefficient (Wildman–Crippen LogP) is 3.49. The van der Waals surface area contributed by atoms with Gasteiger partial charge in [-0.25, -0.2) is 23.2 Å². The van der Waals surface area contributed by atoms with Crippen molar-refractivity contribution in [3.63, 3.8) is 0 Å². The zero-order valence-corrected chi connectivity index (χ0v) is 19.1. The molecule has 0 aliphatic carbocycles. The van der Waals surface area contributed by atoms with Crippen LogP contribution >= 0.6 is 0 Å². The number of ether oxygens (including phenoxy) is 2. The number of methoxy groups -OCH3 is 1. The van der Waals surface area contributed by atoms with Gasteiger partial charge in [0.05, 0.1) is 61.4 Å². The van der Waals surface area contributed by atoms with E-state index in [0.717, 1.165) is 17.7 Å². The fourth-order valence-corrected chi connectivity index (χ4v) is 4.32. The molecular formula is C24H23F2N5O4. The smallest absolute Gasteiger partial charge is 0.409 e. The molecule has 1 amide bonds. The Morgan fingerprint density at radius 2 is 2.06 bits per heavy atom. The van der Waals surface area contributed by atoms with Crippen molar-refractivity contribution in [1.29, 1.82) is 0 Å². The van der Waals surface area contributed by atoms with Crippen LogP contribution in [-0.2, 0) is 15.9 Å². The molecule has 1 N–H and O–H groups in total. The van der Waals surface area contributed by atoms with E-state index in [1.165, 1.54) is 29.1 Å². The van der Waals surface area contributed by atoms with Crippen LogP contribution in [0, 0.1) is 18.6 Å². The highest BCUT2D eigenvalue weighted by molar-refractivity contribution is 5.70. The highest BCUT2D eigenvalue weighted by atomic mass is 19.1. The van der Waals surface area contributed by atoms with Crippen LogP contribution in [0.1, 0.15) is 11.3 Å². The fourth-order valence-electron chi connectivity index (χ4n) is 4.32. The van der Waals surface area contributed by atoms with Crippen molar-refractivity contribution in [3.8, 4) is 22.7 Å². The molecule has 1 fully saturated rings. The van der Waals surface area contributed by atoms with Crippen LogP contribution in [-0.4, -0.2) is 68.2 Å². The summed E-state index contributed by atoms with van der Waals surface area (Å²) in [5.41, 5.74) is 2.03. The molecule has 0 saturated carbocycles. The number of morpholine rings is 1. The Balaban J connectivity index is 1.58. The Hall–Kier alpha value is -3.99. The minimum absolute atomic E-state index is 0.120. The number of benzene rings is 1. The lowest BCUT2D eigenvalue weighted by molar-refractivity contribution is -0.0241. The molecule has 0 spiro atoms. The SMILES string of the molecule is COC(=O)N1CCOC(Cc2c(-c3c(F)cc(-n4cc(O)cn4)cc3F)nc3cc(C)ccn23)C1. The number of halogens is 2. The van der Waals surface area contributed by atoms with Gasteiger partial charge in [0.2, 0.25) is 0 Å². The van der Waals surface area contributed by atoms with Crippen molar-refractivity contribution in [1.82, 2.24) is 24.1 Å². The lowest BCUT2D eigenvalue weighted by Crippen LogP contribution is -2.46. The van der Waals surface area contributed by atoms with E-state index in [9.17, 15) is 9.90 Å². The third-order valence-electron chi connectivity index (χ3n) is 5.97. The van der Waals surface area contributed by atoms with E-state index in [4.69, 9.17) is 9.47 Å². The number of amides is 1.